The van der Waals surface area contributed by atoms with Crippen molar-refractivity contribution in [2.75, 3.05) is 39.5 Å². The van der Waals surface area contributed by atoms with Gasteiger partial charge in [0.1, 0.15) is 11.8 Å². The van der Waals surface area contributed by atoms with Gasteiger partial charge < -0.3 is 19.7 Å². The van der Waals surface area contributed by atoms with Crippen LogP contribution in [0.1, 0.15) is 32.8 Å². The monoisotopic (exact) mass is 565 g/mol. The third-order valence-electron chi connectivity index (χ3n) is 6.25. The highest BCUT2D eigenvalue weighted by Crippen LogP contribution is 2.21. The van der Waals surface area contributed by atoms with E-state index in [-0.39, 0.29) is 29.9 Å². The predicted molar refractivity (Wildman–Crippen MR) is 145 cm³/mol. The van der Waals surface area contributed by atoms with Crippen molar-refractivity contribution in [1.29, 1.82) is 0 Å². The van der Waals surface area contributed by atoms with Crippen LogP contribution in [0.4, 0.5) is 0 Å². The molecule has 0 aromatic heterocycles. The molecule has 2 amide bonds. The smallest absolute Gasteiger partial charge is 0.261 e. The van der Waals surface area contributed by atoms with Gasteiger partial charge in [0.2, 0.25) is 15.9 Å². The van der Waals surface area contributed by atoms with E-state index < -0.39 is 16.1 Å². The zero-order valence-corrected chi connectivity index (χ0v) is 23.6. The summed E-state index contributed by atoms with van der Waals surface area (Å²) in [5, 5.41) is 3.48. The summed E-state index contributed by atoms with van der Waals surface area (Å²) in [4.78, 5) is 27.7. The van der Waals surface area contributed by atoms with Gasteiger partial charge >= 0.3 is 0 Å². The fourth-order valence-corrected chi connectivity index (χ4v) is 5.41. The van der Waals surface area contributed by atoms with E-state index in [1.165, 1.54) is 33.5 Å². The third kappa shape index (κ3) is 8.42. The first-order chi connectivity index (χ1) is 18.1. The summed E-state index contributed by atoms with van der Waals surface area (Å²) in [5.41, 5.74) is 0.822. The number of carbonyl (C=O) groups excluding carboxylic acids is 2. The predicted octanol–water partition coefficient (Wildman–Crippen LogP) is 3.32. The zero-order chi connectivity index (χ0) is 27.7. The first-order valence-corrected chi connectivity index (χ1v) is 14.5. The number of ether oxygens (including phenoxy) is 2. The van der Waals surface area contributed by atoms with Gasteiger partial charge in [0.05, 0.1) is 18.1 Å². The van der Waals surface area contributed by atoms with E-state index in [1.54, 1.807) is 31.2 Å². The molecular weight excluding hydrogens is 530 g/mol. The fourth-order valence-electron chi connectivity index (χ4n) is 3.87. The highest BCUT2D eigenvalue weighted by Gasteiger charge is 2.28. The maximum absolute atomic E-state index is 13.2. The molecular formula is C27H36ClN3O6S. The quantitative estimate of drug-likeness (QED) is 0.423. The molecule has 1 aliphatic heterocycles. The lowest BCUT2D eigenvalue weighted by molar-refractivity contribution is -0.142. The van der Waals surface area contributed by atoms with Crippen molar-refractivity contribution in [3.63, 3.8) is 0 Å². The number of hydrogen-bond acceptors (Lipinski definition) is 6. The summed E-state index contributed by atoms with van der Waals surface area (Å²) in [6.07, 6.45) is 0.837. The topological polar surface area (TPSA) is 105 Å². The number of rotatable bonds is 12. The van der Waals surface area contributed by atoms with Crippen LogP contribution in [-0.4, -0.2) is 74.9 Å². The SMILES string of the molecule is CC(C)CCNC(=O)[C@@H](C)N(Cc1ccc(Cl)cc1)C(=O)COc1ccc(S(=O)(=O)N2CCOCC2)cc1. The number of benzene rings is 2. The molecule has 38 heavy (non-hydrogen) atoms. The number of halogens is 1. The summed E-state index contributed by atoms with van der Waals surface area (Å²) in [5.74, 6) is 0.169. The van der Waals surface area contributed by atoms with E-state index >= 15 is 0 Å². The van der Waals surface area contributed by atoms with Crippen molar-refractivity contribution in [2.45, 2.75) is 44.7 Å². The van der Waals surface area contributed by atoms with E-state index in [4.69, 9.17) is 21.1 Å². The number of sulfonamides is 1. The minimum absolute atomic E-state index is 0.147. The lowest BCUT2D eigenvalue weighted by atomic mass is 10.1. The van der Waals surface area contributed by atoms with Gasteiger partial charge in [0.15, 0.2) is 6.61 Å². The van der Waals surface area contributed by atoms with Crippen molar-refractivity contribution in [3.8, 4) is 5.75 Å². The lowest BCUT2D eigenvalue weighted by Gasteiger charge is -2.29. The fraction of sp³-hybridized carbons (Fsp3) is 0.481. The highest BCUT2D eigenvalue weighted by molar-refractivity contribution is 7.89. The number of nitrogens with zero attached hydrogens (tertiary/aromatic N) is 2. The van der Waals surface area contributed by atoms with Crippen molar-refractivity contribution in [2.24, 2.45) is 5.92 Å². The first kappa shape index (κ1) is 29.9. The number of hydrogen-bond donors (Lipinski definition) is 1. The van der Waals surface area contributed by atoms with Gasteiger partial charge in [-0.2, -0.15) is 4.31 Å². The van der Waals surface area contributed by atoms with Crippen LogP contribution in [0.3, 0.4) is 0 Å². The van der Waals surface area contributed by atoms with Gasteiger partial charge in [-0.05, 0) is 61.2 Å². The summed E-state index contributed by atoms with van der Waals surface area (Å²) >= 11 is 6.00. The van der Waals surface area contributed by atoms with Crippen molar-refractivity contribution in [3.05, 3.63) is 59.1 Å². The van der Waals surface area contributed by atoms with Crippen LogP contribution in [0.15, 0.2) is 53.4 Å². The van der Waals surface area contributed by atoms with Crippen LogP contribution >= 0.6 is 11.6 Å². The molecule has 1 atom stereocenters. The average molecular weight is 566 g/mol. The molecule has 3 rings (SSSR count). The molecule has 2 aromatic rings. The Labute approximate surface area is 230 Å². The molecule has 11 heteroatoms. The standard InChI is InChI=1S/C27H36ClN3O6S/c1-20(2)12-13-29-27(33)21(3)31(18-22-4-6-23(28)7-5-22)26(32)19-37-24-8-10-25(11-9-24)38(34,35)30-14-16-36-17-15-30/h4-11,20-21H,12-19H2,1-3H3,(H,29,33)/t21-/m1/s1. The molecule has 1 N–H and O–H groups in total. The van der Waals surface area contributed by atoms with Gasteiger partial charge in [-0.3, -0.25) is 9.59 Å². The highest BCUT2D eigenvalue weighted by atomic mass is 35.5. The minimum Gasteiger partial charge on any atom is -0.484 e. The second-order valence-electron chi connectivity index (χ2n) is 9.57. The summed E-state index contributed by atoms with van der Waals surface area (Å²) < 4.78 is 38.0. The summed E-state index contributed by atoms with van der Waals surface area (Å²) in [6, 6.07) is 12.3. The Balaban J connectivity index is 1.66. The molecule has 0 unspecified atom stereocenters. The number of morpholine rings is 1. The lowest BCUT2D eigenvalue weighted by Crippen LogP contribution is -2.49. The van der Waals surface area contributed by atoms with Crippen LogP contribution in [0.25, 0.3) is 0 Å². The van der Waals surface area contributed by atoms with Crippen LogP contribution in [0.2, 0.25) is 5.02 Å². The molecule has 0 radical (unpaired) electrons. The molecule has 9 nitrogen and oxygen atoms in total. The second-order valence-corrected chi connectivity index (χ2v) is 11.9. The number of carbonyl (C=O) groups is 2. The van der Waals surface area contributed by atoms with Crippen LogP contribution < -0.4 is 10.1 Å². The van der Waals surface area contributed by atoms with Gasteiger partial charge in [-0.15, -0.1) is 0 Å². The third-order valence-corrected chi connectivity index (χ3v) is 8.41. The van der Waals surface area contributed by atoms with Crippen molar-refractivity contribution >= 4 is 33.4 Å². The number of nitrogens with one attached hydrogen (secondary N) is 1. The van der Waals surface area contributed by atoms with Gasteiger partial charge in [-0.25, -0.2) is 8.42 Å². The van der Waals surface area contributed by atoms with E-state index in [2.05, 4.69) is 19.2 Å². The Hall–Kier alpha value is -2.66. The Morgan fingerprint density at radius 2 is 1.68 bits per heavy atom. The van der Waals surface area contributed by atoms with E-state index in [0.29, 0.717) is 49.5 Å². The molecule has 0 saturated carbocycles. The zero-order valence-electron chi connectivity index (χ0n) is 22.1. The van der Waals surface area contributed by atoms with Gasteiger partial charge in [0.25, 0.3) is 5.91 Å². The minimum atomic E-state index is -3.63. The molecule has 0 spiro atoms. The average Bonchev–Trinajstić information content (AvgIpc) is 2.91. The first-order valence-electron chi connectivity index (χ1n) is 12.7. The molecule has 0 aliphatic carbocycles. The molecule has 0 bridgehead atoms. The second kappa shape index (κ2) is 13.9. The number of amides is 2. The van der Waals surface area contributed by atoms with Crippen LogP contribution in [0.5, 0.6) is 5.75 Å². The molecule has 1 saturated heterocycles. The maximum Gasteiger partial charge on any atom is 0.261 e. The Bertz CT molecular complexity index is 1170. The van der Waals surface area contributed by atoms with Crippen molar-refractivity contribution < 1.29 is 27.5 Å². The van der Waals surface area contributed by atoms with Gasteiger partial charge in [0, 0.05) is 31.2 Å². The summed E-state index contributed by atoms with van der Waals surface area (Å²) in [6.45, 7) is 7.60. The molecule has 1 heterocycles. The maximum atomic E-state index is 13.2. The Kier molecular flexibility index (Phi) is 11.0. The van der Waals surface area contributed by atoms with Crippen LogP contribution in [0, 0.1) is 5.92 Å². The van der Waals surface area contributed by atoms with E-state index in [1.807, 2.05) is 0 Å². The van der Waals surface area contributed by atoms with Gasteiger partial charge in [-0.1, -0.05) is 37.6 Å². The normalized spacial score (nSPS) is 15.2. The molecule has 1 fully saturated rings. The summed E-state index contributed by atoms with van der Waals surface area (Å²) in [7, 11) is -3.63. The molecule has 1 aliphatic rings. The Morgan fingerprint density at radius 3 is 2.29 bits per heavy atom. The Morgan fingerprint density at radius 1 is 1.05 bits per heavy atom. The van der Waals surface area contributed by atoms with Crippen molar-refractivity contribution in [1.82, 2.24) is 14.5 Å². The van der Waals surface area contributed by atoms with E-state index in [0.717, 1.165) is 12.0 Å². The largest absolute Gasteiger partial charge is 0.484 e. The van der Waals surface area contributed by atoms with E-state index in [9.17, 15) is 18.0 Å². The molecule has 2 aromatic carbocycles. The molecule has 208 valence electrons. The van der Waals surface area contributed by atoms with Crippen LogP contribution in [-0.2, 0) is 30.9 Å².